The number of sulfone groups is 1. The lowest BCUT2D eigenvalue weighted by Crippen LogP contribution is -2.18. The van der Waals surface area contributed by atoms with Crippen molar-refractivity contribution < 1.29 is 27.8 Å². The summed E-state index contributed by atoms with van der Waals surface area (Å²) in [6.07, 6.45) is 4.13. The van der Waals surface area contributed by atoms with Crippen LogP contribution in [0.3, 0.4) is 0 Å². The Morgan fingerprint density at radius 3 is 2.49 bits per heavy atom. The second-order valence-electron chi connectivity index (χ2n) is 8.52. The molecule has 0 unspecified atom stereocenters. The van der Waals surface area contributed by atoms with E-state index in [4.69, 9.17) is 9.47 Å². The van der Waals surface area contributed by atoms with E-state index in [1.54, 1.807) is 38.2 Å². The van der Waals surface area contributed by atoms with Crippen molar-refractivity contribution in [3.63, 3.8) is 0 Å². The molecule has 12 heteroatoms. The van der Waals surface area contributed by atoms with Gasteiger partial charge in [-0.2, -0.15) is 0 Å². The zero-order valence-corrected chi connectivity index (χ0v) is 20.4. The molecule has 0 radical (unpaired) electrons. The third kappa shape index (κ3) is 5.49. The van der Waals surface area contributed by atoms with E-state index in [2.05, 4.69) is 25.6 Å². The van der Waals surface area contributed by atoms with Gasteiger partial charge in [-0.3, -0.25) is 9.78 Å². The minimum Gasteiger partial charge on any atom is -0.486 e. The van der Waals surface area contributed by atoms with Gasteiger partial charge in [-0.25, -0.2) is 18.4 Å². The van der Waals surface area contributed by atoms with E-state index < -0.39 is 15.4 Å². The van der Waals surface area contributed by atoms with Crippen LogP contribution in [-0.4, -0.2) is 53.9 Å². The molecule has 0 aromatic carbocycles. The Hall–Kier alpha value is -3.77. The van der Waals surface area contributed by atoms with Crippen LogP contribution in [0.15, 0.2) is 41.7 Å². The number of pyridine rings is 3. The largest absolute Gasteiger partial charge is 0.486 e. The van der Waals surface area contributed by atoms with Gasteiger partial charge in [0.2, 0.25) is 11.7 Å². The zero-order valence-electron chi connectivity index (χ0n) is 19.6. The Kier molecular flexibility index (Phi) is 6.34. The highest BCUT2D eigenvalue weighted by atomic mass is 32.2. The molecular formula is C23H25N5O6S. The number of nitrogens with one attached hydrogen (secondary N) is 2. The van der Waals surface area contributed by atoms with Gasteiger partial charge in [-0.15, -0.1) is 0 Å². The Morgan fingerprint density at radius 1 is 1.11 bits per heavy atom. The maximum absolute atomic E-state index is 12.2. The van der Waals surface area contributed by atoms with Crippen LogP contribution in [0.4, 0.5) is 17.3 Å². The number of carbonyl (C=O) groups is 1. The molecule has 0 bridgehead atoms. The summed E-state index contributed by atoms with van der Waals surface area (Å²) < 4.78 is 35.8. The highest BCUT2D eigenvalue weighted by molar-refractivity contribution is 7.90. The second kappa shape index (κ2) is 9.12. The van der Waals surface area contributed by atoms with E-state index in [-0.39, 0.29) is 47.3 Å². The van der Waals surface area contributed by atoms with E-state index in [9.17, 15) is 18.3 Å². The van der Waals surface area contributed by atoms with Crippen molar-refractivity contribution in [2.75, 3.05) is 30.1 Å². The van der Waals surface area contributed by atoms with Crippen molar-refractivity contribution >= 4 is 33.1 Å². The van der Waals surface area contributed by atoms with Crippen molar-refractivity contribution in [3.8, 4) is 22.8 Å². The predicted octanol–water partition coefficient (Wildman–Crippen LogP) is 2.64. The van der Waals surface area contributed by atoms with Gasteiger partial charge in [0, 0.05) is 48.8 Å². The SMILES string of the molecule is CC(=O)Nc1cc(Nc2nc(S(C)(=O)=O)cc3c2OCCO3)c(-c2ccc(C(C)(C)O)cn2)cn1. The lowest BCUT2D eigenvalue weighted by atomic mass is 9.99. The highest BCUT2D eigenvalue weighted by Gasteiger charge is 2.24. The average Bonchev–Trinajstić information content (AvgIpc) is 2.78. The number of aromatic nitrogens is 3. The number of anilines is 3. The van der Waals surface area contributed by atoms with Crippen molar-refractivity contribution in [1.82, 2.24) is 15.0 Å². The van der Waals surface area contributed by atoms with Crippen LogP contribution >= 0.6 is 0 Å². The molecule has 1 aliphatic heterocycles. The number of amides is 1. The first-order valence-corrected chi connectivity index (χ1v) is 12.6. The van der Waals surface area contributed by atoms with Gasteiger partial charge in [0.15, 0.2) is 26.4 Å². The minimum atomic E-state index is -3.65. The molecular weight excluding hydrogens is 474 g/mol. The van der Waals surface area contributed by atoms with Crippen molar-refractivity contribution in [3.05, 3.63) is 42.2 Å². The molecule has 0 aliphatic carbocycles. The quantitative estimate of drug-likeness (QED) is 0.461. The van der Waals surface area contributed by atoms with Crippen LogP contribution in [0.25, 0.3) is 11.3 Å². The standard InChI is InChI=1S/C23H25N5O6S/c1-13(29)26-19-9-17(15(12-25-19)16-6-5-14(11-24-16)23(2,3)30)27-22-21-18(33-7-8-34-21)10-20(28-22)35(4,31)32/h5-6,9-12,30H,7-8H2,1-4H3,(H2,25,26,27,28,29). The normalized spacial score (nSPS) is 13.3. The minimum absolute atomic E-state index is 0.122. The molecule has 1 amide bonds. The third-order valence-electron chi connectivity index (χ3n) is 5.09. The Morgan fingerprint density at radius 2 is 1.86 bits per heavy atom. The van der Waals surface area contributed by atoms with Crippen LogP contribution in [0, 0.1) is 0 Å². The van der Waals surface area contributed by atoms with Gasteiger partial charge in [-0.1, -0.05) is 6.07 Å². The Balaban J connectivity index is 1.84. The third-order valence-corrected chi connectivity index (χ3v) is 6.06. The number of nitrogens with zero attached hydrogens (tertiary/aromatic N) is 3. The summed E-state index contributed by atoms with van der Waals surface area (Å²) >= 11 is 0. The average molecular weight is 500 g/mol. The van der Waals surface area contributed by atoms with Gasteiger partial charge in [0.05, 0.1) is 17.0 Å². The fourth-order valence-electron chi connectivity index (χ4n) is 3.36. The van der Waals surface area contributed by atoms with Crippen molar-refractivity contribution in [2.45, 2.75) is 31.4 Å². The molecule has 0 saturated heterocycles. The number of ether oxygens (including phenoxy) is 2. The van der Waals surface area contributed by atoms with Gasteiger partial charge in [0.25, 0.3) is 0 Å². The Bertz CT molecular complexity index is 1380. The molecule has 0 atom stereocenters. The predicted molar refractivity (Wildman–Crippen MR) is 129 cm³/mol. The molecule has 3 aromatic heterocycles. The van der Waals surface area contributed by atoms with E-state index in [0.717, 1.165) is 6.26 Å². The van der Waals surface area contributed by atoms with Crippen LogP contribution in [0.2, 0.25) is 0 Å². The second-order valence-corrected chi connectivity index (χ2v) is 10.5. The molecule has 0 fully saturated rings. The number of hydrogen-bond acceptors (Lipinski definition) is 10. The van der Waals surface area contributed by atoms with Gasteiger partial charge in [0.1, 0.15) is 19.0 Å². The molecule has 35 heavy (non-hydrogen) atoms. The fraction of sp³-hybridized carbons (Fsp3) is 0.304. The molecule has 184 valence electrons. The van der Waals surface area contributed by atoms with E-state index in [0.29, 0.717) is 22.5 Å². The van der Waals surface area contributed by atoms with E-state index in [1.165, 1.54) is 19.2 Å². The molecule has 3 N–H and O–H groups in total. The molecule has 3 aromatic rings. The molecule has 4 heterocycles. The van der Waals surface area contributed by atoms with Crippen LogP contribution in [0.5, 0.6) is 11.5 Å². The maximum atomic E-state index is 12.2. The summed E-state index contributed by atoms with van der Waals surface area (Å²) in [5.74, 6) is 0.589. The highest BCUT2D eigenvalue weighted by Crippen LogP contribution is 2.41. The lowest BCUT2D eigenvalue weighted by Gasteiger charge is -2.22. The fourth-order valence-corrected chi connectivity index (χ4v) is 3.94. The molecule has 0 saturated carbocycles. The number of carbonyl (C=O) groups excluding carboxylic acids is 1. The number of fused-ring (bicyclic) bond motifs is 1. The number of hydrogen-bond donors (Lipinski definition) is 3. The smallest absolute Gasteiger partial charge is 0.222 e. The first-order chi connectivity index (χ1) is 16.4. The molecule has 4 rings (SSSR count). The summed E-state index contributed by atoms with van der Waals surface area (Å²) in [4.78, 5) is 24.6. The van der Waals surface area contributed by atoms with Crippen LogP contribution in [-0.2, 0) is 20.2 Å². The first-order valence-electron chi connectivity index (χ1n) is 10.7. The maximum Gasteiger partial charge on any atom is 0.222 e. The van der Waals surface area contributed by atoms with Gasteiger partial charge < -0.3 is 25.2 Å². The molecule has 1 aliphatic rings. The monoisotopic (exact) mass is 499 g/mol. The van der Waals surface area contributed by atoms with Gasteiger partial charge >= 0.3 is 0 Å². The van der Waals surface area contributed by atoms with E-state index >= 15 is 0 Å². The number of rotatable bonds is 6. The van der Waals surface area contributed by atoms with Gasteiger partial charge in [-0.05, 0) is 19.9 Å². The first kappa shape index (κ1) is 24.4. The summed E-state index contributed by atoms with van der Waals surface area (Å²) in [5.41, 5.74) is 1.06. The Labute approximate surface area is 202 Å². The van der Waals surface area contributed by atoms with E-state index in [1.807, 2.05) is 0 Å². The summed E-state index contributed by atoms with van der Waals surface area (Å²) in [7, 11) is -3.65. The zero-order chi connectivity index (χ0) is 25.4. The van der Waals surface area contributed by atoms with Crippen molar-refractivity contribution in [2.24, 2.45) is 0 Å². The lowest BCUT2D eigenvalue weighted by molar-refractivity contribution is -0.114. The van der Waals surface area contributed by atoms with Crippen LogP contribution in [0.1, 0.15) is 26.3 Å². The summed E-state index contributed by atoms with van der Waals surface area (Å²) in [5, 5.41) is 15.8. The van der Waals surface area contributed by atoms with Crippen molar-refractivity contribution in [1.29, 1.82) is 0 Å². The van der Waals surface area contributed by atoms with Crippen LogP contribution < -0.4 is 20.1 Å². The summed E-state index contributed by atoms with van der Waals surface area (Å²) in [6, 6.07) is 6.37. The summed E-state index contributed by atoms with van der Waals surface area (Å²) in [6.45, 7) is 5.21. The topological polar surface area (TPSA) is 153 Å². The molecule has 0 spiro atoms. The number of aliphatic hydroxyl groups is 1. The molecule has 11 nitrogen and oxygen atoms in total.